The predicted octanol–water partition coefficient (Wildman–Crippen LogP) is 3.70. The van der Waals surface area contributed by atoms with Gasteiger partial charge in [-0.15, -0.1) is 6.42 Å². The number of terminal acetylenes is 1. The van der Waals surface area contributed by atoms with E-state index >= 15 is 0 Å². The van der Waals surface area contributed by atoms with Crippen LogP contribution in [0.5, 0.6) is 17.2 Å². The summed E-state index contributed by atoms with van der Waals surface area (Å²) in [5.41, 5.74) is 3.29. The predicted molar refractivity (Wildman–Crippen MR) is 86.7 cm³/mol. The van der Waals surface area contributed by atoms with Crippen molar-refractivity contribution in [2.24, 2.45) is 17.3 Å². The Balaban J connectivity index is 1.63. The summed E-state index contributed by atoms with van der Waals surface area (Å²) in [5, 5.41) is 20.6. The first-order valence-corrected chi connectivity index (χ1v) is 8.80. The van der Waals surface area contributed by atoms with Gasteiger partial charge in [0.15, 0.2) is 11.5 Å². The third-order valence-electron chi connectivity index (χ3n) is 7.36. The van der Waals surface area contributed by atoms with E-state index in [0.29, 0.717) is 29.3 Å². The van der Waals surface area contributed by atoms with E-state index in [0.717, 1.165) is 49.7 Å². The van der Waals surface area contributed by atoms with Crippen LogP contribution in [0, 0.1) is 29.6 Å². The molecule has 3 aliphatic carbocycles. The van der Waals surface area contributed by atoms with E-state index in [1.807, 2.05) is 0 Å². The van der Waals surface area contributed by atoms with Gasteiger partial charge in [0.05, 0.1) is 11.7 Å². The number of ether oxygens (including phenoxy) is 1. The van der Waals surface area contributed by atoms with Crippen molar-refractivity contribution in [3.8, 4) is 29.6 Å². The normalized spacial score (nSPS) is 39.3. The largest absolute Gasteiger partial charge is 0.502 e. The molecule has 0 saturated heterocycles. The molecule has 2 fully saturated rings. The lowest BCUT2D eigenvalue weighted by atomic mass is 9.54. The van der Waals surface area contributed by atoms with Crippen molar-refractivity contribution in [1.82, 2.24) is 0 Å². The van der Waals surface area contributed by atoms with Crippen molar-refractivity contribution in [2.45, 2.75) is 57.5 Å². The maximum Gasteiger partial charge on any atom is 0.203 e. The first-order chi connectivity index (χ1) is 11.1. The van der Waals surface area contributed by atoms with E-state index in [1.165, 1.54) is 5.56 Å². The van der Waals surface area contributed by atoms with Gasteiger partial charge >= 0.3 is 0 Å². The molecule has 0 spiro atoms. The highest BCUT2D eigenvalue weighted by atomic mass is 16.5. The first kappa shape index (κ1) is 13.7. The Morgan fingerprint density at radius 2 is 2.04 bits per heavy atom. The molecule has 0 radical (unpaired) electrons. The van der Waals surface area contributed by atoms with E-state index in [9.17, 15) is 10.2 Å². The first-order valence-electron chi connectivity index (χ1n) is 8.80. The number of phenolic OH excluding ortho intramolecular Hbond substituents is 1. The monoisotopic (exact) mass is 310 g/mol. The molecule has 2 saturated carbocycles. The van der Waals surface area contributed by atoms with Gasteiger partial charge in [0.25, 0.3) is 0 Å². The number of aliphatic hydroxyl groups excluding tert-OH is 1. The van der Waals surface area contributed by atoms with Gasteiger partial charge in [0, 0.05) is 5.56 Å². The van der Waals surface area contributed by atoms with Crippen LogP contribution in [0.4, 0.5) is 0 Å². The van der Waals surface area contributed by atoms with Gasteiger partial charge in [-0.25, -0.2) is 0 Å². The molecule has 0 unspecified atom stereocenters. The number of benzene rings is 1. The van der Waals surface area contributed by atoms with Crippen LogP contribution in [0.3, 0.4) is 0 Å². The lowest BCUT2D eigenvalue weighted by Crippen LogP contribution is -2.44. The lowest BCUT2D eigenvalue weighted by molar-refractivity contribution is -0.0229. The second-order valence-electron chi connectivity index (χ2n) is 8.07. The molecule has 0 aromatic heterocycles. The number of rotatable bonds is 0. The lowest BCUT2D eigenvalue weighted by Gasteiger charge is -2.51. The van der Waals surface area contributed by atoms with Crippen LogP contribution >= 0.6 is 0 Å². The van der Waals surface area contributed by atoms with Gasteiger partial charge in [0.1, 0.15) is 0 Å². The van der Waals surface area contributed by atoms with E-state index in [4.69, 9.17) is 11.2 Å². The number of aliphatic hydroxyl groups is 1. The van der Waals surface area contributed by atoms with E-state index < -0.39 is 0 Å². The van der Waals surface area contributed by atoms with E-state index in [2.05, 4.69) is 12.8 Å². The molecule has 3 nitrogen and oxygen atoms in total. The van der Waals surface area contributed by atoms with Crippen LogP contribution in [0.15, 0.2) is 0 Å². The van der Waals surface area contributed by atoms with Crippen molar-refractivity contribution in [3.05, 3.63) is 16.7 Å². The van der Waals surface area contributed by atoms with Crippen molar-refractivity contribution in [2.75, 3.05) is 0 Å². The summed E-state index contributed by atoms with van der Waals surface area (Å²) < 4.78 is 5.63. The molecule has 2 bridgehead atoms. The van der Waals surface area contributed by atoms with Crippen LogP contribution in [-0.4, -0.2) is 16.3 Å². The molecule has 3 heteroatoms. The molecule has 2 N–H and O–H groups in total. The topological polar surface area (TPSA) is 49.7 Å². The average molecular weight is 310 g/mol. The Bertz CT molecular complexity index is 759. The van der Waals surface area contributed by atoms with Gasteiger partial charge < -0.3 is 14.9 Å². The Morgan fingerprint density at radius 3 is 2.78 bits per heavy atom. The number of phenols is 1. The highest BCUT2D eigenvalue weighted by Gasteiger charge is 2.55. The standard InChI is InChI=1S/C20H22O3/c1-3-10-16-12-8-9-20(2)14(6-7-15(20)21)11(12)4-5-13(16)19-17(22)18(10)23-19/h1,11-12,14-15,21-22H,4-9H2,2H3/t11-,12+,14+,15+,20+/m1/s1. The number of fused-ring (bicyclic) bond motifs is 3. The molecule has 5 aliphatic rings. The van der Waals surface area contributed by atoms with Crippen molar-refractivity contribution < 1.29 is 14.9 Å². The van der Waals surface area contributed by atoms with Crippen molar-refractivity contribution in [1.29, 1.82) is 0 Å². The molecule has 23 heavy (non-hydrogen) atoms. The zero-order valence-electron chi connectivity index (χ0n) is 13.4. The summed E-state index contributed by atoms with van der Waals surface area (Å²) in [6, 6.07) is 0. The molecule has 2 heterocycles. The zero-order valence-corrected chi connectivity index (χ0v) is 13.4. The molecular formula is C20H22O3. The zero-order chi connectivity index (χ0) is 15.9. The Hall–Kier alpha value is -1.66. The van der Waals surface area contributed by atoms with Crippen LogP contribution in [-0.2, 0) is 6.42 Å². The number of hydrogen-bond acceptors (Lipinski definition) is 3. The van der Waals surface area contributed by atoms with Crippen molar-refractivity contribution >= 4 is 0 Å². The molecule has 120 valence electrons. The third-order valence-corrected chi connectivity index (χ3v) is 7.36. The van der Waals surface area contributed by atoms with Crippen LogP contribution in [0.25, 0.3) is 0 Å². The molecule has 6 rings (SSSR count). The van der Waals surface area contributed by atoms with E-state index in [1.54, 1.807) is 0 Å². The average Bonchev–Trinajstić information content (AvgIpc) is 2.87. The maximum absolute atomic E-state index is 10.5. The molecule has 2 aliphatic heterocycles. The van der Waals surface area contributed by atoms with Crippen LogP contribution in [0.2, 0.25) is 0 Å². The summed E-state index contributed by atoms with van der Waals surface area (Å²) in [6.07, 6.45) is 11.9. The molecule has 0 amide bonds. The van der Waals surface area contributed by atoms with Gasteiger partial charge in [-0.2, -0.15) is 0 Å². The summed E-state index contributed by atoms with van der Waals surface area (Å²) >= 11 is 0. The Labute approximate surface area is 136 Å². The quantitative estimate of drug-likeness (QED) is 0.730. The van der Waals surface area contributed by atoms with Gasteiger partial charge in [-0.3, -0.25) is 0 Å². The summed E-state index contributed by atoms with van der Waals surface area (Å²) in [4.78, 5) is 0. The number of hydrogen-bond donors (Lipinski definition) is 2. The number of aromatic hydroxyl groups is 1. The molecule has 1 aromatic carbocycles. The molecule has 1 aromatic rings. The van der Waals surface area contributed by atoms with Gasteiger partial charge in [0.2, 0.25) is 5.75 Å². The minimum atomic E-state index is -0.149. The second kappa shape index (κ2) is 4.24. The maximum atomic E-state index is 10.5. The smallest absolute Gasteiger partial charge is 0.203 e. The highest BCUT2D eigenvalue weighted by Crippen LogP contribution is 2.65. The Kier molecular flexibility index (Phi) is 2.54. The van der Waals surface area contributed by atoms with Crippen molar-refractivity contribution in [3.63, 3.8) is 0 Å². The second-order valence-corrected chi connectivity index (χ2v) is 8.07. The highest BCUT2D eigenvalue weighted by molar-refractivity contribution is 5.75. The SMILES string of the molecule is C#Cc1c2c(O)c(c3c1[C@H]1CC[C@]4(C)[C@@H](O)CC[C@H]4[C@@H]1CC3)O2. The fourth-order valence-corrected chi connectivity index (χ4v) is 6.16. The minimum absolute atomic E-state index is 0.0815. The Morgan fingerprint density at radius 1 is 1.22 bits per heavy atom. The fourth-order valence-electron chi connectivity index (χ4n) is 6.16. The van der Waals surface area contributed by atoms with Gasteiger partial charge in [-0.05, 0) is 67.3 Å². The fraction of sp³-hybridized carbons (Fsp3) is 0.600. The summed E-state index contributed by atoms with van der Waals surface area (Å²) in [7, 11) is 0. The van der Waals surface area contributed by atoms with Crippen LogP contribution in [0.1, 0.15) is 61.6 Å². The molecule has 5 atom stereocenters. The van der Waals surface area contributed by atoms with E-state index in [-0.39, 0.29) is 17.3 Å². The summed E-state index contributed by atoms with van der Waals surface area (Å²) in [5.74, 6) is 5.90. The minimum Gasteiger partial charge on any atom is -0.502 e. The van der Waals surface area contributed by atoms with Gasteiger partial charge in [-0.1, -0.05) is 12.8 Å². The summed E-state index contributed by atoms with van der Waals surface area (Å²) in [6.45, 7) is 2.28. The van der Waals surface area contributed by atoms with Crippen LogP contribution < -0.4 is 4.74 Å². The third kappa shape index (κ3) is 1.46. The molecular weight excluding hydrogens is 288 g/mol.